The van der Waals surface area contributed by atoms with Crippen molar-refractivity contribution in [3.05, 3.63) is 22.7 Å². The number of morpholine rings is 1. The monoisotopic (exact) mass is 538 g/mol. The van der Waals surface area contributed by atoms with Gasteiger partial charge in [-0.3, -0.25) is 14.4 Å². The summed E-state index contributed by atoms with van der Waals surface area (Å²) >= 11 is 1.72. The molecule has 1 amide bonds. The lowest BCUT2D eigenvalue weighted by atomic mass is 9.86. The lowest BCUT2D eigenvalue weighted by Crippen LogP contribution is -2.46. The summed E-state index contributed by atoms with van der Waals surface area (Å²) in [6, 6.07) is 3.22. The van der Waals surface area contributed by atoms with E-state index in [9.17, 15) is 4.79 Å². The van der Waals surface area contributed by atoms with Gasteiger partial charge in [0, 0.05) is 54.3 Å². The van der Waals surface area contributed by atoms with Gasteiger partial charge in [0.15, 0.2) is 5.82 Å². The van der Waals surface area contributed by atoms with Gasteiger partial charge in [0.25, 0.3) is 0 Å². The molecule has 0 radical (unpaired) electrons. The largest absolute Gasteiger partial charge is 0.379 e. The Morgan fingerprint density at radius 3 is 2.66 bits per heavy atom. The maximum atomic E-state index is 12.0. The fourth-order valence-corrected chi connectivity index (χ4v) is 7.32. The van der Waals surface area contributed by atoms with Crippen LogP contribution in [0.15, 0.2) is 12.3 Å². The molecule has 1 saturated heterocycles. The van der Waals surface area contributed by atoms with E-state index in [2.05, 4.69) is 34.5 Å². The first-order valence-electron chi connectivity index (χ1n) is 14.0. The van der Waals surface area contributed by atoms with Crippen LogP contribution in [0.1, 0.15) is 62.4 Å². The Kier molecular flexibility index (Phi) is 7.24. The van der Waals surface area contributed by atoms with E-state index in [0.29, 0.717) is 24.5 Å². The molecule has 4 heterocycles. The molecule has 1 atom stereocenters. The molecule has 0 aromatic carbocycles. The van der Waals surface area contributed by atoms with Gasteiger partial charge in [-0.1, -0.05) is 0 Å². The van der Waals surface area contributed by atoms with Crippen molar-refractivity contribution in [1.29, 1.82) is 0 Å². The number of amides is 1. The lowest BCUT2D eigenvalue weighted by Gasteiger charge is -2.39. The summed E-state index contributed by atoms with van der Waals surface area (Å²) in [6.45, 7) is 7.98. The fraction of sp³-hybridized carbons (Fsp3) is 0.630. The van der Waals surface area contributed by atoms with Crippen molar-refractivity contribution >= 4 is 45.0 Å². The van der Waals surface area contributed by atoms with Crippen molar-refractivity contribution in [3.63, 3.8) is 0 Å². The minimum atomic E-state index is -0.217. The van der Waals surface area contributed by atoms with Crippen molar-refractivity contribution in [2.24, 2.45) is 11.7 Å². The summed E-state index contributed by atoms with van der Waals surface area (Å²) in [6.07, 6.45) is 8.84. The highest BCUT2D eigenvalue weighted by Crippen LogP contribution is 2.41. The molecule has 0 spiro atoms. The van der Waals surface area contributed by atoms with Crippen LogP contribution in [0.2, 0.25) is 0 Å². The summed E-state index contributed by atoms with van der Waals surface area (Å²) in [7, 11) is 0. The zero-order chi connectivity index (χ0) is 26.2. The first-order chi connectivity index (χ1) is 18.4. The van der Waals surface area contributed by atoms with E-state index in [-0.39, 0.29) is 17.9 Å². The molecule has 0 bridgehead atoms. The standard InChI is InChI=1S/C27H38N8O2S/c1-16(2)35-10-9-22(33-35)30-27-31-25(29-18-4-6-19(7-5-18)34-11-13-37-14-12-34)23-20-15-17(24(28)36)3-8-21(20)38-26(23)32-27/h9-10,16-19H,3-8,11-15H2,1-2H3,(H2,28,36)(H2,29,30,31,32,33)/t17-,18?,19?/m1/s1. The van der Waals surface area contributed by atoms with E-state index in [4.69, 9.17) is 20.4 Å². The third-order valence-corrected chi connectivity index (χ3v) is 9.47. The van der Waals surface area contributed by atoms with Gasteiger partial charge in [-0.2, -0.15) is 10.1 Å². The first kappa shape index (κ1) is 25.5. The number of aryl methyl sites for hydroxylation is 1. The Bertz CT molecular complexity index is 1290. The third kappa shape index (κ3) is 5.23. The molecule has 4 N–H and O–H groups in total. The van der Waals surface area contributed by atoms with Gasteiger partial charge in [0.05, 0.1) is 18.6 Å². The van der Waals surface area contributed by atoms with Crippen molar-refractivity contribution < 1.29 is 9.53 Å². The number of carbonyl (C=O) groups is 1. The Morgan fingerprint density at radius 1 is 1.16 bits per heavy atom. The molecule has 204 valence electrons. The Morgan fingerprint density at radius 2 is 1.95 bits per heavy atom. The lowest BCUT2D eigenvalue weighted by molar-refractivity contribution is -0.122. The normalized spacial score (nSPS) is 24.4. The maximum Gasteiger partial charge on any atom is 0.231 e. The van der Waals surface area contributed by atoms with Gasteiger partial charge in [-0.25, -0.2) is 4.98 Å². The zero-order valence-electron chi connectivity index (χ0n) is 22.3. The highest BCUT2D eigenvalue weighted by molar-refractivity contribution is 7.19. The van der Waals surface area contributed by atoms with Crippen molar-refractivity contribution in [1.82, 2.24) is 24.6 Å². The number of hydrogen-bond donors (Lipinski definition) is 3. The van der Waals surface area contributed by atoms with Crippen molar-refractivity contribution in [2.75, 3.05) is 36.9 Å². The predicted molar refractivity (Wildman–Crippen MR) is 150 cm³/mol. The Hall–Kier alpha value is -2.76. The number of anilines is 3. The predicted octanol–water partition coefficient (Wildman–Crippen LogP) is 3.86. The third-order valence-electron chi connectivity index (χ3n) is 8.28. The second kappa shape index (κ2) is 10.8. The molecule has 3 aromatic heterocycles. The molecule has 6 rings (SSSR count). The highest BCUT2D eigenvalue weighted by Gasteiger charge is 2.31. The van der Waals surface area contributed by atoms with E-state index in [0.717, 1.165) is 73.8 Å². The van der Waals surface area contributed by atoms with Crippen LogP contribution in [0.25, 0.3) is 10.2 Å². The van der Waals surface area contributed by atoms with Crippen LogP contribution in [-0.2, 0) is 22.4 Å². The molecule has 3 aromatic rings. The fourth-order valence-electron chi connectivity index (χ4n) is 6.11. The Labute approximate surface area is 227 Å². The second-order valence-electron chi connectivity index (χ2n) is 11.1. The Balaban J connectivity index is 1.27. The summed E-state index contributed by atoms with van der Waals surface area (Å²) in [5.41, 5.74) is 6.91. The smallest absolute Gasteiger partial charge is 0.231 e. The number of hydrogen-bond acceptors (Lipinski definition) is 9. The minimum absolute atomic E-state index is 0.130. The van der Waals surface area contributed by atoms with E-state index in [1.54, 1.807) is 11.3 Å². The van der Waals surface area contributed by atoms with Crippen LogP contribution in [0, 0.1) is 5.92 Å². The quantitative estimate of drug-likeness (QED) is 0.414. The number of carbonyl (C=O) groups excluding carboxylic acids is 1. The van der Waals surface area contributed by atoms with Gasteiger partial charge in [0.2, 0.25) is 11.9 Å². The van der Waals surface area contributed by atoms with Gasteiger partial charge < -0.3 is 21.1 Å². The van der Waals surface area contributed by atoms with E-state index >= 15 is 0 Å². The molecule has 11 heteroatoms. The maximum absolute atomic E-state index is 12.0. The van der Waals surface area contributed by atoms with Gasteiger partial charge in [-0.15, -0.1) is 11.3 Å². The summed E-state index contributed by atoms with van der Waals surface area (Å²) in [4.78, 5) is 26.8. The van der Waals surface area contributed by atoms with E-state index in [1.807, 2.05) is 16.9 Å². The number of rotatable bonds is 7. The van der Waals surface area contributed by atoms with E-state index in [1.165, 1.54) is 23.3 Å². The van der Waals surface area contributed by atoms with Gasteiger partial charge in [-0.05, 0) is 64.4 Å². The topological polar surface area (TPSA) is 123 Å². The number of nitrogens with one attached hydrogen (secondary N) is 2. The number of thiophene rings is 1. The molecular formula is C27H38N8O2S. The number of nitrogens with two attached hydrogens (primary N) is 1. The molecule has 2 aliphatic carbocycles. The number of nitrogens with zero attached hydrogens (tertiary/aromatic N) is 5. The van der Waals surface area contributed by atoms with Crippen LogP contribution < -0.4 is 16.4 Å². The molecule has 2 fully saturated rings. The second-order valence-corrected chi connectivity index (χ2v) is 12.2. The first-order valence-corrected chi connectivity index (χ1v) is 14.8. The van der Waals surface area contributed by atoms with Crippen LogP contribution in [-0.4, -0.2) is 68.9 Å². The molecule has 0 unspecified atom stereocenters. The molecule has 1 saturated carbocycles. The summed E-state index contributed by atoms with van der Waals surface area (Å²) in [5, 5.41) is 12.8. The van der Waals surface area contributed by atoms with Crippen molar-refractivity contribution in [2.45, 2.75) is 76.9 Å². The molecule has 1 aliphatic heterocycles. The molecule has 3 aliphatic rings. The number of fused-ring (bicyclic) bond motifs is 3. The summed E-state index contributed by atoms with van der Waals surface area (Å²) < 4.78 is 7.47. The minimum Gasteiger partial charge on any atom is -0.379 e. The average Bonchev–Trinajstić information content (AvgIpc) is 3.54. The number of aromatic nitrogens is 4. The van der Waals surface area contributed by atoms with Gasteiger partial charge >= 0.3 is 0 Å². The number of ether oxygens (including phenoxy) is 1. The van der Waals surface area contributed by atoms with Crippen LogP contribution in [0.3, 0.4) is 0 Å². The molecule has 10 nitrogen and oxygen atoms in total. The summed E-state index contributed by atoms with van der Waals surface area (Å²) in [5.74, 6) is 1.78. The van der Waals surface area contributed by atoms with Crippen LogP contribution >= 0.6 is 11.3 Å². The molecule has 38 heavy (non-hydrogen) atoms. The van der Waals surface area contributed by atoms with Gasteiger partial charge in [0.1, 0.15) is 10.6 Å². The zero-order valence-corrected chi connectivity index (χ0v) is 23.1. The van der Waals surface area contributed by atoms with Crippen molar-refractivity contribution in [3.8, 4) is 0 Å². The van der Waals surface area contributed by atoms with Crippen LogP contribution in [0.4, 0.5) is 17.6 Å². The van der Waals surface area contributed by atoms with Crippen LogP contribution in [0.5, 0.6) is 0 Å². The highest BCUT2D eigenvalue weighted by atomic mass is 32.1. The molecular weight excluding hydrogens is 500 g/mol. The van der Waals surface area contributed by atoms with E-state index < -0.39 is 0 Å². The SMILES string of the molecule is CC(C)n1ccc(Nc2nc(NC3CCC(N4CCOCC4)CC3)c3c4c(sc3n2)CC[C@@H](C(N)=O)C4)n1. The average molecular weight is 539 g/mol. The number of primary amides is 1.